The number of carbonyl (C=O) groups excluding carboxylic acids is 1. The van der Waals surface area contributed by atoms with Crippen molar-refractivity contribution >= 4 is 47.4 Å². The first-order valence-corrected chi connectivity index (χ1v) is 10.7. The third-order valence-electron chi connectivity index (χ3n) is 4.48. The van der Waals surface area contributed by atoms with Gasteiger partial charge in [0.05, 0.1) is 19.9 Å². The minimum absolute atomic E-state index is 0.155. The fourth-order valence-electron chi connectivity index (χ4n) is 3.26. The van der Waals surface area contributed by atoms with Gasteiger partial charge in [-0.2, -0.15) is 0 Å². The molecule has 2 aromatic rings. The smallest absolute Gasteiger partial charge is 0.410 e. The predicted octanol–water partition coefficient (Wildman–Crippen LogP) is 2.78. The molecule has 6 nitrogen and oxygen atoms in total. The number of nitrogens with one attached hydrogen (secondary N) is 1. The van der Waals surface area contributed by atoms with E-state index in [0.29, 0.717) is 33.9 Å². The first kappa shape index (κ1) is 21.5. The summed E-state index contributed by atoms with van der Waals surface area (Å²) >= 11 is 7.87. The summed E-state index contributed by atoms with van der Waals surface area (Å²) in [7, 11) is 0. The minimum Gasteiger partial charge on any atom is -0.444 e. The molecule has 156 valence electrons. The summed E-state index contributed by atoms with van der Waals surface area (Å²) in [5, 5.41) is 0.618. The van der Waals surface area contributed by atoms with Crippen LogP contribution in [-0.4, -0.2) is 47.8 Å². The maximum absolute atomic E-state index is 12.4. The molecule has 0 bridgehead atoms. The number of carbonyl (C=O) groups is 1. The van der Waals surface area contributed by atoms with E-state index in [-0.39, 0.29) is 11.7 Å². The number of aromatic amines is 1. The lowest BCUT2D eigenvalue weighted by molar-refractivity contribution is 0.0263. The van der Waals surface area contributed by atoms with E-state index in [0.717, 1.165) is 24.2 Å². The maximum atomic E-state index is 12.4. The van der Waals surface area contributed by atoms with E-state index in [9.17, 15) is 9.59 Å². The summed E-state index contributed by atoms with van der Waals surface area (Å²) in [4.78, 5) is 31.1. The average Bonchev–Trinajstić information content (AvgIpc) is 2.81. The van der Waals surface area contributed by atoms with Gasteiger partial charge in [-0.15, -0.1) is 11.3 Å². The molecule has 0 unspecified atom stereocenters. The third kappa shape index (κ3) is 5.42. The van der Waals surface area contributed by atoms with Crippen molar-refractivity contribution in [3.8, 4) is 0 Å². The number of aromatic nitrogens is 1. The topological polar surface area (TPSA) is 65.6 Å². The van der Waals surface area contributed by atoms with E-state index in [4.69, 9.17) is 16.3 Å². The highest BCUT2D eigenvalue weighted by Crippen LogP contribution is 2.31. The number of para-hydroxylation sites is 1. The number of hydrogen-bond acceptors (Lipinski definition) is 5. The number of ether oxygens (including phenoxy) is 1. The highest BCUT2D eigenvalue weighted by molar-refractivity contribution is 7.07. The predicted molar refractivity (Wildman–Crippen MR) is 119 cm³/mol. The summed E-state index contributed by atoms with van der Waals surface area (Å²) in [6, 6.07) is 5.66. The van der Waals surface area contributed by atoms with Gasteiger partial charge in [-0.3, -0.25) is 4.79 Å². The Hall–Kier alpha value is -2.25. The molecule has 1 fully saturated rings. The van der Waals surface area contributed by atoms with Crippen LogP contribution in [0.1, 0.15) is 32.8 Å². The van der Waals surface area contributed by atoms with E-state index in [2.05, 4.69) is 16.5 Å². The maximum Gasteiger partial charge on any atom is 0.410 e. The highest BCUT2D eigenvalue weighted by Gasteiger charge is 2.25. The Labute approximate surface area is 179 Å². The summed E-state index contributed by atoms with van der Waals surface area (Å²) in [5.41, 5.74) is 1.07. The van der Waals surface area contributed by atoms with Crippen molar-refractivity contribution in [2.45, 2.75) is 32.8 Å². The minimum atomic E-state index is -0.519. The highest BCUT2D eigenvalue weighted by atomic mass is 35.5. The molecule has 1 amide bonds. The summed E-state index contributed by atoms with van der Waals surface area (Å²) < 4.78 is 6.71. The molecule has 1 aliphatic rings. The molecule has 0 spiro atoms. The van der Waals surface area contributed by atoms with Gasteiger partial charge in [0.15, 0.2) is 0 Å². The van der Waals surface area contributed by atoms with Crippen molar-refractivity contribution in [3.05, 3.63) is 48.3 Å². The van der Waals surface area contributed by atoms with Gasteiger partial charge in [-0.05, 0) is 39.3 Å². The van der Waals surface area contributed by atoms with Gasteiger partial charge in [0.1, 0.15) is 5.60 Å². The molecule has 0 saturated carbocycles. The Morgan fingerprint density at radius 2 is 2.03 bits per heavy atom. The second kappa shape index (κ2) is 8.63. The van der Waals surface area contributed by atoms with Crippen LogP contribution in [0, 0.1) is 0 Å². The fraction of sp³-hybridized carbons (Fsp3) is 0.429. The Bertz CT molecular complexity index is 1050. The first-order valence-electron chi connectivity index (χ1n) is 9.55. The van der Waals surface area contributed by atoms with Crippen molar-refractivity contribution in [2.24, 2.45) is 0 Å². The number of amides is 1. The molecule has 8 heteroatoms. The zero-order valence-corrected chi connectivity index (χ0v) is 18.5. The van der Waals surface area contributed by atoms with Gasteiger partial charge >= 0.3 is 6.09 Å². The van der Waals surface area contributed by atoms with Crippen molar-refractivity contribution in [1.82, 2.24) is 9.88 Å². The molecule has 0 radical (unpaired) electrons. The number of rotatable bonds is 2. The van der Waals surface area contributed by atoms with Crippen LogP contribution in [0.15, 0.2) is 23.0 Å². The molecule has 1 N–H and O–H groups in total. The third-order valence-corrected chi connectivity index (χ3v) is 5.65. The lowest BCUT2D eigenvalue weighted by Gasteiger charge is -2.27. The summed E-state index contributed by atoms with van der Waals surface area (Å²) in [5.74, 6) is 0. The number of benzene rings is 1. The lowest BCUT2D eigenvalue weighted by atomic mass is 10.1. The molecule has 1 aromatic heterocycles. The Morgan fingerprint density at radius 3 is 2.69 bits per heavy atom. The molecule has 1 saturated heterocycles. The standard InChI is InChI=1S/C21H26ClN3O3S/c1-14-23-19(26)17(29-14)13-15-7-5-8-16(22)18(15)24-9-6-10-25(12-11-24)20(27)28-21(2,3)4/h5,7-8,13H,1,6,9-12H2,2-4H3,(H,23,26). The van der Waals surface area contributed by atoms with Crippen LogP contribution >= 0.6 is 22.9 Å². The fourth-order valence-corrected chi connectivity index (χ4v) is 4.30. The average molecular weight is 436 g/mol. The SMILES string of the molecule is C=c1[nH]c(=O)c(=Cc2cccc(Cl)c2N2CCCN(C(=O)OC(C)(C)C)CC2)s1. The van der Waals surface area contributed by atoms with E-state index < -0.39 is 5.60 Å². The van der Waals surface area contributed by atoms with Gasteiger partial charge in [-0.1, -0.05) is 30.3 Å². The Morgan fingerprint density at radius 1 is 1.28 bits per heavy atom. The molecule has 29 heavy (non-hydrogen) atoms. The van der Waals surface area contributed by atoms with Crippen LogP contribution in [0.4, 0.5) is 10.5 Å². The number of halogens is 1. The van der Waals surface area contributed by atoms with Crippen molar-refractivity contribution < 1.29 is 9.53 Å². The van der Waals surface area contributed by atoms with E-state index in [1.165, 1.54) is 11.3 Å². The van der Waals surface area contributed by atoms with Crippen LogP contribution in [-0.2, 0) is 4.74 Å². The number of nitrogens with zero attached hydrogens (tertiary/aromatic N) is 2. The van der Waals surface area contributed by atoms with Gasteiger partial charge in [0.2, 0.25) is 0 Å². The number of thiazole rings is 1. The van der Waals surface area contributed by atoms with Gasteiger partial charge < -0.3 is 19.5 Å². The van der Waals surface area contributed by atoms with E-state index >= 15 is 0 Å². The molecule has 0 aliphatic carbocycles. The van der Waals surface area contributed by atoms with Crippen LogP contribution in [0.3, 0.4) is 0 Å². The summed E-state index contributed by atoms with van der Waals surface area (Å²) in [6.45, 7) is 11.9. The van der Waals surface area contributed by atoms with Crippen LogP contribution in [0.5, 0.6) is 0 Å². The van der Waals surface area contributed by atoms with Crippen molar-refractivity contribution in [1.29, 1.82) is 0 Å². The van der Waals surface area contributed by atoms with Crippen LogP contribution < -0.4 is 19.7 Å². The van der Waals surface area contributed by atoms with Crippen LogP contribution in [0.2, 0.25) is 5.02 Å². The largest absolute Gasteiger partial charge is 0.444 e. The Kier molecular flexibility index (Phi) is 6.39. The molecule has 0 atom stereocenters. The van der Waals surface area contributed by atoms with Gasteiger partial charge in [0, 0.05) is 31.7 Å². The molecular formula is C21H26ClN3O3S. The molecule has 3 rings (SSSR count). The van der Waals surface area contributed by atoms with E-state index in [1.54, 1.807) is 4.90 Å². The summed E-state index contributed by atoms with van der Waals surface area (Å²) in [6.07, 6.45) is 2.35. The zero-order chi connectivity index (χ0) is 21.2. The first-order chi connectivity index (χ1) is 13.6. The molecular weight excluding hydrogens is 410 g/mol. The second-order valence-corrected chi connectivity index (χ2v) is 9.52. The molecule has 1 aromatic carbocycles. The van der Waals surface area contributed by atoms with Gasteiger partial charge in [0.25, 0.3) is 5.56 Å². The van der Waals surface area contributed by atoms with Gasteiger partial charge in [-0.25, -0.2) is 4.79 Å². The monoisotopic (exact) mass is 435 g/mol. The Balaban J connectivity index is 1.87. The molecule has 1 aliphatic heterocycles. The quantitative estimate of drug-likeness (QED) is 0.787. The number of anilines is 1. The zero-order valence-electron chi connectivity index (χ0n) is 17.0. The normalized spacial score (nSPS) is 16.1. The van der Waals surface area contributed by atoms with E-state index in [1.807, 2.05) is 45.0 Å². The number of hydrogen-bond donors (Lipinski definition) is 1. The lowest BCUT2D eigenvalue weighted by Crippen LogP contribution is -2.39. The van der Waals surface area contributed by atoms with Crippen LogP contribution in [0.25, 0.3) is 12.7 Å². The second-order valence-electron chi connectivity index (χ2n) is 7.97. The number of H-pyrrole nitrogens is 1. The molecule has 2 heterocycles. The van der Waals surface area contributed by atoms with Crippen molar-refractivity contribution in [2.75, 3.05) is 31.1 Å². The van der Waals surface area contributed by atoms with Crippen molar-refractivity contribution in [3.63, 3.8) is 0 Å².